The van der Waals surface area contributed by atoms with Crippen molar-refractivity contribution in [2.75, 3.05) is 0 Å². The number of hydrogen-bond donors (Lipinski definition) is 1. The van der Waals surface area contributed by atoms with E-state index in [9.17, 15) is 0 Å². The summed E-state index contributed by atoms with van der Waals surface area (Å²) in [5, 5.41) is 1.01. The topological polar surface area (TPSA) is 48.1 Å². The molecule has 0 amide bonds. The molecule has 2 aromatic carbocycles. The standard InChI is InChI=1S/C18H18N2O/c1-13(14-7-3-2-4-8-14)21-18-11-15(12-19)20-17-10-6-5-9-16(17)18/h2-11,13H,12,19H2,1H3. The minimum absolute atomic E-state index is 0.0253. The minimum Gasteiger partial charge on any atom is -0.485 e. The van der Waals surface area contributed by atoms with Gasteiger partial charge in [-0.25, -0.2) is 0 Å². The molecule has 0 aliphatic carbocycles. The SMILES string of the molecule is CC(Oc1cc(CN)nc2ccccc12)c1ccccc1. The third kappa shape index (κ3) is 2.88. The lowest BCUT2D eigenvalue weighted by Crippen LogP contribution is -2.06. The van der Waals surface area contributed by atoms with Crippen LogP contribution in [-0.4, -0.2) is 4.98 Å². The number of fused-ring (bicyclic) bond motifs is 1. The summed E-state index contributed by atoms with van der Waals surface area (Å²) < 4.78 is 6.16. The van der Waals surface area contributed by atoms with E-state index in [4.69, 9.17) is 10.5 Å². The Morgan fingerprint density at radius 3 is 2.52 bits per heavy atom. The largest absolute Gasteiger partial charge is 0.485 e. The van der Waals surface area contributed by atoms with E-state index in [1.165, 1.54) is 0 Å². The minimum atomic E-state index is -0.0253. The highest BCUT2D eigenvalue weighted by Crippen LogP contribution is 2.29. The second kappa shape index (κ2) is 5.94. The number of nitrogens with zero attached hydrogens (tertiary/aromatic N) is 1. The molecular weight excluding hydrogens is 260 g/mol. The van der Waals surface area contributed by atoms with E-state index in [2.05, 4.69) is 17.1 Å². The van der Waals surface area contributed by atoms with Gasteiger partial charge in [-0.15, -0.1) is 0 Å². The molecule has 2 N–H and O–H groups in total. The van der Waals surface area contributed by atoms with E-state index in [-0.39, 0.29) is 6.10 Å². The molecule has 1 heterocycles. The molecule has 1 aromatic heterocycles. The Kier molecular flexibility index (Phi) is 3.84. The van der Waals surface area contributed by atoms with Gasteiger partial charge >= 0.3 is 0 Å². The van der Waals surface area contributed by atoms with Crippen LogP contribution >= 0.6 is 0 Å². The van der Waals surface area contributed by atoms with Crippen molar-refractivity contribution in [3.63, 3.8) is 0 Å². The fourth-order valence-corrected chi connectivity index (χ4v) is 2.38. The molecule has 0 saturated heterocycles. The molecular formula is C18H18N2O. The lowest BCUT2D eigenvalue weighted by Gasteiger charge is -2.17. The molecule has 0 aliphatic heterocycles. The lowest BCUT2D eigenvalue weighted by molar-refractivity contribution is 0.229. The molecule has 0 fully saturated rings. The molecule has 0 radical (unpaired) electrons. The first kappa shape index (κ1) is 13.6. The van der Waals surface area contributed by atoms with Crippen LogP contribution in [0.5, 0.6) is 5.75 Å². The van der Waals surface area contributed by atoms with Crippen LogP contribution in [0.2, 0.25) is 0 Å². The van der Waals surface area contributed by atoms with Gasteiger partial charge in [0.05, 0.1) is 11.2 Å². The van der Waals surface area contributed by atoms with Gasteiger partial charge in [0, 0.05) is 18.0 Å². The van der Waals surface area contributed by atoms with Crippen LogP contribution in [0.15, 0.2) is 60.7 Å². The average molecular weight is 278 g/mol. The smallest absolute Gasteiger partial charge is 0.131 e. The maximum atomic E-state index is 6.16. The van der Waals surface area contributed by atoms with Gasteiger partial charge in [0.15, 0.2) is 0 Å². The van der Waals surface area contributed by atoms with Crippen molar-refractivity contribution in [1.29, 1.82) is 0 Å². The van der Waals surface area contributed by atoms with Crippen molar-refractivity contribution in [2.45, 2.75) is 19.6 Å². The Morgan fingerprint density at radius 1 is 1.05 bits per heavy atom. The first-order valence-corrected chi connectivity index (χ1v) is 7.08. The predicted octanol–water partition coefficient (Wildman–Crippen LogP) is 3.83. The van der Waals surface area contributed by atoms with E-state index >= 15 is 0 Å². The predicted molar refractivity (Wildman–Crippen MR) is 85.1 cm³/mol. The van der Waals surface area contributed by atoms with E-state index in [0.29, 0.717) is 6.54 Å². The number of benzene rings is 2. The Hall–Kier alpha value is -2.39. The van der Waals surface area contributed by atoms with Crippen LogP contribution < -0.4 is 10.5 Å². The normalized spacial score (nSPS) is 12.3. The van der Waals surface area contributed by atoms with Gasteiger partial charge in [-0.2, -0.15) is 0 Å². The molecule has 0 spiro atoms. The molecule has 3 rings (SSSR count). The zero-order valence-electron chi connectivity index (χ0n) is 12.0. The highest BCUT2D eigenvalue weighted by atomic mass is 16.5. The zero-order chi connectivity index (χ0) is 14.7. The molecule has 3 aromatic rings. The Labute approximate surface area is 124 Å². The first-order valence-electron chi connectivity index (χ1n) is 7.08. The fourth-order valence-electron chi connectivity index (χ4n) is 2.38. The van der Waals surface area contributed by atoms with Crippen LogP contribution in [0.4, 0.5) is 0 Å². The van der Waals surface area contributed by atoms with Gasteiger partial charge in [-0.3, -0.25) is 4.98 Å². The van der Waals surface area contributed by atoms with Gasteiger partial charge in [-0.05, 0) is 24.6 Å². The van der Waals surface area contributed by atoms with Crippen LogP contribution in [-0.2, 0) is 6.54 Å². The van der Waals surface area contributed by atoms with Crippen LogP contribution in [0.25, 0.3) is 10.9 Å². The molecule has 21 heavy (non-hydrogen) atoms. The van der Waals surface area contributed by atoms with Crippen molar-refractivity contribution in [1.82, 2.24) is 4.98 Å². The average Bonchev–Trinajstić information content (AvgIpc) is 2.55. The molecule has 1 atom stereocenters. The summed E-state index contributed by atoms with van der Waals surface area (Å²) in [6.45, 7) is 2.45. The van der Waals surface area contributed by atoms with E-state index < -0.39 is 0 Å². The van der Waals surface area contributed by atoms with Crippen LogP contribution in [0.1, 0.15) is 24.3 Å². The number of pyridine rings is 1. The van der Waals surface area contributed by atoms with Crippen LogP contribution in [0.3, 0.4) is 0 Å². The Balaban J connectivity index is 1.99. The van der Waals surface area contributed by atoms with Crippen molar-refractivity contribution in [3.8, 4) is 5.75 Å². The van der Waals surface area contributed by atoms with E-state index in [1.54, 1.807) is 0 Å². The number of aromatic nitrogens is 1. The van der Waals surface area contributed by atoms with Crippen molar-refractivity contribution in [3.05, 3.63) is 71.9 Å². The molecule has 1 unspecified atom stereocenters. The highest BCUT2D eigenvalue weighted by Gasteiger charge is 2.11. The summed E-state index contributed by atoms with van der Waals surface area (Å²) in [5.41, 5.74) is 8.63. The second-order valence-electron chi connectivity index (χ2n) is 5.00. The Bertz CT molecular complexity index is 741. The number of ether oxygens (including phenoxy) is 1. The fraction of sp³-hybridized carbons (Fsp3) is 0.167. The van der Waals surface area contributed by atoms with Gasteiger partial charge in [0.2, 0.25) is 0 Å². The second-order valence-corrected chi connectivity index (χ2v) is 5.00. The summed E-state index contributed by atoms with van der Waals surface area (Å²) in [6.07, 6.45) is -0.0253. The van der Waals surface area contributed by atoms with Gasteiger partial charge in [0.25, 0.3) is 0 Å². The summed E-state index contributed by atoms with van der Waals surface area (Å²) in [6, 6.07) is 20.1. The molecule has 106 valence electrons. The quantitative estimate of drug-likeness (QED) is 0.789. The molecule has 0 bridgehead atoms. The third-order valence-corrected chi connectivity index (χ3v) is 3.51. The lowest BCUT2D eigenvalue weighted by atomic mass is 10.1. The molecule has 3 heteroatoms. The van der Waals surface area contributed by atoms with Gasteiger partial charge in [-0.1, -0.05) is 42.5 Å². The summed E-state index contributed by atoms with van der Waals surface area (Å²) in [5.74, 6) is 0.831. The molecule has 0 saturated carbocycles. The monoisotopic (exact) mass is 278 g/mol. The summed E-state index contributed by atoms with van der Waals surface area (Å²) in [7, 11) is 0. The van der Waals surface area contributed by atoms with Gasteiger partial charge < -0.3 is 10.5 Å². The number of hydrogen-bond acceptors (Lipinski definition) is 3. The Morgan fingerprint density at radius 2 is 1.76 bits per heavy atom. The number of para-hydroxylation sites is 1. The third-order valence-electron chi connectivity index (χ3n) is 3.51. The van der Waals surface area contributed by atoms with Crippen molar-refractivity contribution < 1.29 is 4.74 Å². The van der Waals surface area contributed by atoms with Gasteiger partial charge in [0.1, 0.15) is 11.9 Å². The van der Waals surface area contributed by atoms with E-state index in [0.717, 1.165) is 27.9 Å². The molecule has 3 nitrogen and oxygen atoms in total. The van der Waals surface area contributed by atoms with Crippen molar-refractivity contribution >= 4 is 10.9 Å². The van der Waals surface area contributed by atoms with Crippen molar-refractivity contribution in [2.24, 2.45) is 5.73 Å². The number of nitrogens with two attached hydrogens (primary N) is 1. The van der Waals surface area contributed by atoms with Crippen LogP contribution in [0, 0.1) is 0 Å². The van der Waals surface area contributed by atoms with E-state index in [1.807, 2.05) is 55.5 Å². The molecule has 0 aliphatic rings. The highest BCUT2D eigenvalue weighted by molar-refractivity contribution is 5.85. The summed E-state index contributed by atoms with van der Waals surface area (Å²) in [4.78, 5) is 4.53. The number of rotatable bonds is 4. The first-order chi connectivity index (χ1) is 10.3. The maximum Gasteiger partial charge on any atom is 0.131 e. The maximum absolute atomic E-state index is 6.16. The zero-order valence-corrected chi connectivity index (χ0v) is 12.0. The summed E-state index contributed by atoms with van der Waals surface area (Å²) >= 11 is 0.